The number of hydrogen-bond acceptors (Lipinski definition) is 2. The van der Waals surface area contributed by atoms with E-state index in [9.17, 15) is 23.1 Å². The number of halogens is 3. The fourth-order valence-electron chi connectivity index (χ4n) is 3.28. The standard InChI is InChI=1S/C12H15F3O2.2CO.Rh/c1-10(2)6-4-5-11(10,3)8(16)7(6)9(17)12(13,14)15;2*1-2;/h6,17H,4-5H2,1-3H3;;;/p-1. The second-order valence-corrected chi connectivity index (χ2v) is 5.71. The van der Waals surface area contributed by atoms with Crippen LogP contribution in [-0.4, -0.2) is 12.0 Å². The van der Waals surface area contributed by atoms with E-state index >= 15 is 0 Å². The average Bonchev–Trinajstić information content (AvgIpc) is 2.74. The third-order valence-corrected chi connectivity index (χ3v) is 4.82. The number of carbonyl (C=O) groups is 1. The quantitative estimate of drug-likeness (QED) is 0.203. The van der Waals surface area contributed by atoms with E-state index in [4.69, 9.17) is 9.30 Å². The number of alkyl halides is 3. The number of fused-ring (bicyclic) bond motifs is 2. The van der Waals surface area contributed by atoms with Gasteiger partial charge in [0.2, 0.25) is 0 Å². The van der Waals surface area contributed by atoms with Crippen LogP contribution in [0.2, 0.25) is 0 Å². The molecule has 2 unspecified atom stereocenters. The molecule has 0 amide bonds. The van der Waals surface area contributed by atoms with Crippen LogP contribution in [0, 0.1) is 30.0 Å². The van der Waals surface area contributed by atoms with E-state index < -0.39 is 40.0 Å². The molecule has 2 rings (SSSR count). The van der Waals surface area contributed by atoms with E-state index in [1.54, 1.807) is 20.8 Å². The molecule has 0 saturated heterocycles. The van der Waals surface area contributed by atoms with E-state index in [2.05, 4.69) is 13.3 Å². The van der Waals surface area contributed by atoms with Crippen LogP contribution in [0.4, 0.5) is 13.2 Å². The van der Waals surface area contributed by atoms with Gasteiger partial charge in [0.1, 0.15) is 0 Å². The van der Waals surface area contributed by atoms with E-state index in [0.717, 1.165) is 0 Å². The van der Waals surface area contributed by atoms with Crippen molar-refractivity contribution in [3.63, 3.8) is 0 Å². The third kappa shape index (κ3) is 3.22. The summed E-state index contributed by atoms with van der Waals surface area (Å²) in [6, 6.07) is 0. The van der Waals surface area contributed by atoms with Gasteiger partial charge in [-0.05, 0) is 35.5 Å². The van der Waals surface area contributed by atoms with Gasteiger partial charge in [-0.15, -0.1) is 0 Å². The van der Waals surface area contributed by atoms with E-state index in [1.165, 1.54) is 0 Å². The molecule has 8 heteroatoms. The zero-order valence-corrected chi connectivity index (χ0v) is 13.7. The molecule has 1 radical (unpaired) electrons. The molecule has 0 aliphatic heterocycles. The minimum absolute atomic E-state index is 0. The maximum Gasteiger partial charge on any atom is 0 e. The summed E-state index contributed by atoms with van der Waals surface area (Å²) in [7, 11) is 0. The van der Waals surface area contributed by atoms with Gasteiger partial charge in [0.05, 0.1) is 0 Å². The van der Waals surface area contributed by atoms with Crippen molar-refractivity contribution in [1.29, 1.82) is 0 Å². The maximum atomic E-state index is 12.5. The molecule has 2 atom stereocenters. The van der Waals surface area contributed by atoms with Crippen molar-refractivity contribution in [3.05, 3.63) is 24.6 Å². The molecule has 2 bridgehead atoms. The predicted molar refractivity (Wildman–Crippen MR) is 60.6 cm³/mol. The van der Waals surface area contributed by atoms with Crippen LogP contribution in [0.25, 0.3) is 0 Å². The largest absolute Gasteiger partial charge is 0 e. The Morgan fingerprint density at radius 2 is 1.64 bits per heavy atom. The number of allylic oxidation sites excluding steroid dienone is 2. The van der Waals surface area contributed by atoms with Gasteiger partial charge in [-0.3, -0.25) is 4.79 Å². The van der Waals surface area contributed by atoms with E-state index in [1.807, 2.05) is 0 Å². The molecule has 0 aromatic carbocycles. The monoisotopic (exact) mass is 406 g/mol. The molecular weight excluding hydrogens is 392 g/mol. The molecule has 125 valence electrons. The SMILES string of the molecule is CC12CCC(C(=C([O-])C(F)(F)F)C1=O)C2(C)C.[C-]#[O+].[C-]#[O+].[Rh]. The second kappa shape index (κ2) is 7.58. The topological polar surface area (TPSA) is 79.9 Å². The van der Waals surface area contributed by atoms with Gasteiger partial charge < -0.3 is 5.11 Å². The first kappa shape index (κ1) is 23.4. The Kier molecular flexibility index (Phi) is 8.06. The molecule has 0 N–H and O–H groups in total. The molecule has 4 nitrogen and oxygen atoms in total. The average molecular weight is 406 g/mol. The smallest absolute Gasteiger partial charge is 0 e. The number of rotatable bonds is 0. The molecule has 2 fully saturated rings. The van der Waals surface area contributed by atoms with Crippen LogP contribution in [0.1, 0.15) is 33.6 Å². The Morgan fingerprint density at radius 1 is 1.23 bits per heavy atom. The molecule has 0 heterocycles. The van der Waals surface area contributed by atoms with Gasteiger partial charge in [-0.2, -0.15) is 13.2 Å². The Labute approximate surface area is 139 Å². The summed E-state index contributed by atoms with van der Waals surface area (Å²) >= 11 is 0. The van der Waals surface area contributed by atoms with E-state index in [-0.39, 0.29) is 19.5 Å². The summed E-state index contributed by atoms with van der Waals surface area (Å²) in [5, 5.41) is 11.3. The fourth-order valence-corrected chi connectivity index (χ4v) is 3.28. The number of Topliss-reactive ketones (excluding diaryl/α,β-unsaturated/α-hetero) is 1. The maximum absolute atomic E-state index is 12.5. The number of carbonyl (C=O) groups excluding carboxylic acids is 1. The first-order valence-corrected chi connectivity index (χ1v) is 5.97. The van der Waals surface area contributed by atoms with Crippen LogP contribution in [0.15, 0.2) is 11.3 Å². The van der Waals surface area contributed by atoms with Crippen LogP contribution in [0.5, 0.6) is 0 Å². The van der Waals surface area contributed by atoms with Crippen molar-refractivity contribution in [2.75, 3.05) is 0 Å². The first-order chi connectivity index (χ1) is 9.53. The summed E-state index contributed by atoms with van der Waals surface area (Å²) in [5.41, 5.74) is -1.88. The van der Waals surface area contributed by atoms with Crippen LogP contribution >= 0.6 is 0 Å². The fraction of sp³-hybridized carbons (Fsp3) is 0.643. The third-order valence-electron chi connectivity index (χ3n) is 4.82. The van der Waals surface area contributed by atoms with Crippen molar-refractivity contribution in [1.82, 2.24) is 0 Å². The number of ketones is 1. The Morgan fingerprint density at radius 3 is 1.91 bits per heavy atom. The molecule has 0 aromatic heterocycles. The van der Waals surface area contributed by atoms with Crippen molar-refractivity contribution in [3.8, 4) is 0 Å². The zero-order valence-electron chi connectivity index (χ0n) is 12.1. The Hall–Kier alpha value is -0.897. The zero-order chi connectivity index (χ0) is 17.2. The first-order valence-electron chi connectivity index (χ1n) is 5.97. The van der Waals surface area contributed by atoms with Gasteiger partial charge in [0.25, 0.3) is 0 Å². The Bertz CT molecular complexity index is 499. The normalized spacial score (nSPS) is 30.1. The molecule has 2 saturated carbocycles. The Balaban J connectivity index is 0. The van der Waals surface area contributed by atoms with E-state index in [0.29, 0.717) is 12.8 Å². The molecule has 0 spiro atoms. The molecular formula is C14H14F3O4Rh-. The molecule has 2 aliphatic carbocycles. The summed E-state index contributed by atoms with van der Waals surface area (Å²) in [6.07, 6.45) is -3.88. The molecule has 2 aliphatic rings. The van der Waals surface area contributed by atoms with Crippen molar-refractivity contribution in [2.45, 2.75) is 39.8 Å². The van der Waals surface area contributed by atoms with Crippen molar-refractivity contribution >= 4 is 5.78 Å². The summed E-state index contributed by atoms with van der Waals surface area (Å²) < 4.78 is 52.4. The van der Waals surface area contributed by atoms with Crippen LogP contribution < -0.4 is 5.11 Å². The van der Waals surface area contributed by atoms with Gasteiger partial charge in [0, 0.05) is 24.9 Å². The molecule has 22 heavy (non-hydrogen) atoms. The van der Waals surface area contributed by atoms with Crippen molar-refractivity contribution in [2.24, 2.45) is 16.7 Å². The number of hydrogen-bond donors (Lipinski definition) is 0. The summed E-state index contributed by atoms with van der Waals surface area (Å²) in [5.74, 6) is -3.08. The van der Waals surface area contributed by atoms with Gasteiger partial charge in [0.15, 0.2) is 5.78 Å². The minimum Gasteiger partial charge on any atom is 0 e. The summed E-state index contributed by atoms with van der Waals surface area (Å²) in [6.45, 7) is 14.2. The minimum atomic E-state index is -4.94. The van der Waals surface area contributed by atoms with Crippen LogP contribution in [-0.2, 0) is 33.6 Å². The second-order valence-electron chi connectivity index (χ2n) is 5.71. The molecule has 0 aromatic rings. The summed E-state index contributed by atoms with van der Waals surface area (Å²) in [4.78, 5) is 12.0. The van der Waals surface area contributed by atoms with Crippen molar-refractivity contribution < 1.29 is 51.9 Å². The van der Waals surface area contributed by atoms with Gasteiger partial charge in [-0.25, -0.2) is 0 Å². The predicted octanol–water partition coefficient (Wildman–Crippen LogP) is 2.11. The van der Waals surface area contributed by atoms with Gasteiger partial charge >= 0.3 is 28.8 Å². The van der Waals surface area contributed by atoms with Crippen LogP contribution in [0.3, 0.4) is 0 Å². The van der Waals surface area contributed by atoms with Gasteiger partial charge in [-0.1, -0.05) is 20.8 Å².